The van der Waals surface area contributed by atoms with Crippen LogP contribution in [0.4, 0.5) is 0 Å². The fourth-order valence-electron chi connectivity index (χ4n) is 2.56. The standard InChI is InChI=1S/C17H20N4O3S/c1-3-8-23-13-7-6-12(10-15(13)22-2)11-18-21-16(19-20-17(21)25)14-5-4-9-24-14/h3,6-7,10-11,14H,1,4-5,8-9H2,2H3,(H,20,25)/b18-11-/t14-/m1/s1. The fraction of sp³-hybridized carbons (Fsp3) is 0.353. The van der Waals surface area contributed by atoms with E-state index >= 15 is 0 Å². The van der Waals surface area contributed by atoms with Crippen LogP contribution in [0.5, 0.6) is 11.5 Å². The monoisotopic (exact) mass is 360 g/mol. The SMILES string of the molecule is C=CCOc1ccc(/C=N\n2c([C@H]3CCCO3)n[nH]c2=S)cc1OC. The molecule has 2 aromatic rings. The highest BCUT2D eigenvalue weighted by molar-refractivity contribution is 7.71. The van der Waals surface area contributed by atoms with Gasteiger partial charge in [0.25, 0.3) is 0 Å². The Morgan fingerprint density at radius 3 is 3.12 bits per heavy atom. The van der Waals surface area contributed by atoms with Crippen molar-refractivity contribution in [1.82, 2.24) is 14.9 Å². The molecule has 1 atom stereocenters. The maximum atomic E-state index is 5.67. The molecule has 8 heteroatoms. The molecule has 25 heavy (non-hydrogen) atoms. The van der Waals surface area contributed by atoms with Crippen molar-refractivity contribution in [1.29, 1.82) is 0 Å². The molecule has 132 valence electrons. The number of methoxy groups -OCH3 is 1. The molecule has 1 saturated heterocycles. The van der Waals surface area contributed by atoms with E-state index < -0.39 is 0 Å². The molecule has 2 heterocycles. The second-order valence-electron chi connectivity index (χ2n) is 5.45. The summed E-state index contributed by atoms with van der Waals surface area (Å²) < 4.78 is 18.6. The summed E-state index contributed by atoms with van der Waals surface area (Å²) in [7, 11) is 1.60. The van der Waals surface area contributed by atoms with Gasteiger partial charge in [-0.05, 0) is 48.8 Å². The lowest BCUT2D eigenvalue weighted by Gasteiger charge is -2.10. The van der Waals surface area contributed by atoms with Crippen molar-refractivity contribution in [2.45, 2.75) is 18.9 Å². The second kappa shape index (κ2) is 8.09. The molecule has 1 aliphatic rings. The van der Waals surface area contributed by atoms with E-state index in [4.69, 9.17) is 26.4 Å². The molecule has 0 saturated carbocycles. The normalized spacial score (nSPS) is 17.1. The highest BCUT2D eigenvalue weighted by Gasteiger charge is 2.23. The molecule has 1 aliphatic heterocycles. The summed E-state index contributed by atoms with van der Waals surface area (Å²) in [6.07, 6.45) is 5.23. The van der Waals surface area contributed by atoms with Crippen molar-refractivity contribution in [2.24, 2.45) is 5.10 Å². The lowest BCUT2D eigenvalue weighted by atomic mass is 10.2. The van der Waals surface area contributed by atoms with Gasteiger partial charge in [-0.1, -0.05) is 12.7 Å². The van der Waals surface area contributed by atoms with E-state index in [1.165, 1.54) is 0 Å². The maximum Gasteiger partial charge on any atom is 0.216 e. The van der Waals surface area contributed by atoms with Crippen LogP contribution in [0.3, 0.4) is 0 Å². The summed E-state index contributed by atoms with van der Waals surface area (Å²) in [6.45, 7) is 4.79. The van der Waals surface area contributed by atoms with Crippen LogP contribution < -0.4 is 9.47 Å². The molecule has 0 amide bonds. The van der Waals surface area contributed by atoms with Crippen LogP contribution in [0.1, 0.15) is 30.3 Å². The zero-order valence-corrected chi connectivity index (χ0v) is 14.8. The number of hydrogen-bond donors (Lipinski definition) is 1. The van der Waals surface area contributed by atoms with Crippen LogP contribution in [-0.4, -0.2) is 41.4 Å². The molecule has 0 unspecified atom stereocenters. The largest absolute Gasteiger partial charge is 0.493 e. The third-order valence-electron chi connectivity index (χ3n) is 3.76. The molecular formula is C17H20N4O3S. The molecule has 1 fully saturated rings. The van der Waals surface area contributed by atoms with E-state index in [9.17, 15) is 0 Å². The topological polar surface area (TPSA) is 73.7 Å². The number of aromatic nitrogens is 3. The first-order valence-corrected chi connectivity index (χ1v) is 8.38. The van der Waals surface area contributed by atoms with Gasteiger partial charge in [-0.15, -0.1) is 0 Å². The van der Waals surface area contributed by atoms with Crippen molar-refractivity contribution < 1.29 is 14.2 Å². The highest BCUT2D eigenvalue weighted by Crippen LogP contribution is 2.28. The van der Waals surface area contributed by atoms with Gasteiger partial charge in [0.2, 0.25) is 4.77 Å². The number of rotatable bonds is 7. The van der Waals surface area contributed by atoms with Crippen LogP contribution in [-0.2, 0) is 4.74 Å². The van der Waals surface area contributed by atoms with Gasteiger partial charge in [-0.2, -0.15) is 14.9 Å². The summed E-state index contributed by atoms with van der Waals surface area (Å²) in [6, 6.07) is 5.57. The van der Waals surface area contributed by atoms with Crippen LogP contribution in [0.15, 0.2) is 36.0 Å². The Hall–Kier alpha value is -2.45. The average Bonchev–Trinajstić information content (AvgIpc) is 3.28. The molecule has 3 rings (SSSR count). The highest BCUT2D eigenvalue weighted by atomic mass is 32.1. The number of benzene rings is 1. The minimum atomic E-state index is -0.0747. The van der Waals surface area contributed by atoms with Crippen molar-refractivity contribution in [2.75, 3.05) is 20.3 Å². The quantitative estimate of drug-likeness (QED) is 0.466. The molecule has 7 nitrogen and oxygen atoms in total. The first-order valence-electron chi connectivity index (χ1n) is 7.98. The summed E-state index contributed by atoms with van der Waals surface area (Å²) in [4.78, 5) is 0. The molecule has 0 aliphatic carbocycles. The average molecular weight is 360 g/mol. The first-order chi connectivity index (χ1) is 12.2. The lowest BCUT2D eigenvalue weighted by molar-refractivity contribution is 0.102. The molecule has 0 radical (unpaired) electrons. The van der Waals surface area contributed by atoms with E-state index in [0.29, 0.717) is 28.7 Å². The molecular weight excluding hydrogens is 340 g/mol. The zero-order valence-electron chi connectivity index (χ0n) is 14.0. The van der Waals surface area contributed by atoms with E-state index in [0.717, 1.165) is 25.0 Å². The van der Waals surface area contributed by atoms with Gasteiger partial charge < -0.3 is 14.2 Å². The minimum absolute atomic E-state index is 0.0747. The van der Waals surface area contributed by atoms with Gasteiger partial charge in [0.15, 0.2) is 17.3 Å². The van der Waals surface area contributed by atoms with Crippen LogP contribution in [0, 0.1) is 4.77 Å². The number of hydrogen-bond acceptors (Lipinski definition) is 6. The Labute approximate surface area is 150 Å². The van der Waals surface area contributed by atoms with Crippen molar-refractivity contribution in [3.63, 3.8) is 0 Å². The Morgan fingerprint density at radius 1 is 1.52 bits per heavy atom. The van der Waals surface area contributed by atoms with E-state index in [-0.39, 0.29) is 6.10 Å². The van der Waals surface area contributed by atoms with Crippen molar-refractivity contribution in [3.05, 3.63) is 47.0 Å². The maximum absolute atomic E-state index is 5.67. The third kappa shape index (κ3) is 3.97. The molecule has 1 N–H and O–H groups in total. The van der Waals surface area contributed by atoms with Gasteiger partial charge in [-0.25, -0.2) is 0 Å². The number of H-pyrrole nitrogens is 1. The summed E-state index contributed by atoms with van der Waals surface area (Å²) >= 11 is 5.26. The van der Waals surface area contributed by atoms with E-state index in [1.54, 1.807) is 24.1 Å². The van der Waals surface area contributed by atoms with Crippen molar-refractivity contribution >= 4 is 18.4 Å². The number of ether oxygens (including phenoxy) is 3. The number of nitrogens with zero attached hydrogens (tertiary/aromatic N) is 3. The predicted molar refractivity (Wildman–Crippen MR) is 97.0 cm³/mol. The second-order valence-corrected chi connectivity index (χ2v) is 5.84. The van der Waals surface area contributed by atoms with Crippen LogP contribution >= 0.6 is 12.2 Å². The van der Waals surface area contributed by atoms with Gasteiger partial charge in [-0.3, -0.25) is 5.10 Å². The summed E-state index contributed by atoms with van der Waals surface area (Å²) in [5.41, 5.74) is 0.851. The van der Waals surface area contributed by atoms with Gasteiger partial charge in [0, 0.05) is 6.61 Å². The lowest BCUT2D eigenvalue weighted by Crippen LogP contribution is -2.05. The van der Waals surface area contributed by atoms with E-state index in [1.807, 2.05) is 18.2 Å². The van der Waals surface area contributed by atoms with Crippen molar-refractivity contribution in [3.8, 4) is 11.5 Å². The van der Waals surface area contributed by atoms with Crippen LogP contribution in [0.25, 0.3) is 0 Å². The fourth-order valence-corrected chi connectivity index (χ4v) is 2.75. The Kier molecular flexibility index (Phi) is 5.62. The van der Waals surface area contributed by atoms with Gasteiger partial charge in [0.1, 0.15) is 12.7 Å². The third-order valence-corrected chi connectivity index (χ3v) is 4.02. The van der Waals surface area contributed by atoms with Gasteiger partial charge >= 0.3 is 0 Å². The summed E-state index contributed by atoms with van der Waals surface area (Å²) in [5, 5.41) is 11.5. The number of aromatic amines is 1. The Balaban J connectivity index is 1.83. The van der Waals surface area contributed by atoms with Crippen LogP contribution in [0.2, 0.25) is 0 Å². The van der Waals surface area contributed by atoms with E-state index in [2.05, 4.69) is 21.9 Å². The molecule has 0 spiro atoms. The van der Waals surface area contributed by atoms with Gasteiger partial charge in [0.05, 0.1) is 13.3 Å². The summed E-state index contributed by atoms with van der Waals surface area (Å²) in [5.74, 6) is 1.97. The predicted octanol–water partition coefficient (Wildman–Crippen LogP) is 3.25. The Bertz CT molecular complexity index is 822. The molecule has 1 aromatic carbocycles. The first kappa shape index (κ1) is 17.4. The zero-order chi connectivity index (χ0) is 17.6. The Morgan fingerprint density at radius 2 is 2.40 bits per heavy atom. The minimum Gasteiger partial charge on any atom is -0.493 e. The number of nitrogens with one attached hydrogen (secondary N) is 1. The molecule has 1 aromatic heterocycles. The molecule has 0 bridgehead atoms. The smallest absolute Gasteiger partial charge is 0.216 e.